The molecule has 0 saturated heterocycles. The number of aryl methyl sites for hydroxylation is 2. The Kier molecular flexibility index (Phi) is 7.82. The summed E-state index contributed by atoms with van der Waals surface area (Å²) in [5.41, 5.74) is 7.88. The Hall–Kier alpha value is -2.86. The summed E-state index contributed by atoms with van der Waals surface area (Å²) in [6, 6.07) is 16.3. The average Bonchev–Trinajstić information content (AvgIpc) is 2.66. The van der Waals surface area contributed by atoms with Gasteiger partial charge in [-0.3, -0.25) is 4.79 Å². The largest absolute Gasteiger partial charge is 0.480 e. The third-order valence-corrected chi connectivity index (χ3v) is 4.29. The zero-order valence-electron chi connectivity index (χ0n) is 15.1. The Labute approximate surface area is 158 Å². The highest BCUT2D eigenvalue weighted by atomic mass is 16.5. The lowest BCUT2D eigenvalue weighted by Crippen LogP contribution is -2.39. The molecule has 0 aliphatic carbocycles. The SMILES string of the molecule is NC(CC(Oc1ccc(CCCCc2ccccc2)cc1)C(=O)O)C(=O)O. The van der Waals surface area contributed by atoms with Crippen LogP contribution in [0.4, 0.5) is 0 Å². The molecule has 2 atom stereocenters. The third-order valence-electron chi connectivity index (χ3n) is 4.29. The lowest BCUT2D eigenvalue weighted by atomic mass is 10.0. The van der Waals surface area contributed by atoms with Gasteiger partial charge in [0, 0.05) is 6.42 Å². The van der Waals surface area contributed by atoms with Gasteiger partial charge in [-0.05, 0) is 48.9 Å². The summed E-state index contributed by atoms with van der Waals surface area (Å²) in [7, 11) is 0. The molecule has 6 heteroatoms. The van der Waals surface area contributed by atoms with E-state index in [1.165, 1.54) is 5.56 Å². The molecular weight excluding hydrogens is 346 g/mol. The molecule has 0 aliphatic heterocycles. The molecule has 2 unspecified atom stereocenters. The van der Waals surface area contributed by atoms with E-state index >= 15 is 0 Å². The number of hydrogen-bond acceptors (Lipinski definition) is 4. The van der Waals surface area contributed by atoms with Gasteiger partial charge < -0.3 is 20.7 Å². The molecule has 2 aromatic rings. The highest BCUT2D eigenvalue weighted by Crippen LogP contribution is 2.17. The van der Waals surface area contributed by atoms with Crippen molar-refractivity contribution in [1.29, 1.82) is 0 Å². The Morgan fingerprint density at radius 1 is 0.852 bits per heavy atom. The summed E-state index contributed by atoms with van der Waals surface area (Å²) in [6.45, 7) is 0. The molecule has 0 fully saturated rings. The van der Waals surface area contributed by atoms with E-state index < -0.39 is 24.1 Å². The van der Waals surface area contributed by atoms with Crippen LogP contribution in [0, 0.1) is 0 Å². The molecule has 6 nitrogen and oxygen atoms in total. The molecule has 0 bridgehead atoms. The van der Waals surface area contributed by atoms with E-state index in [-0.39, 0.29) is 6.42 Å². The number of carbonyl (C=O) groups is 2. The second-order valence-electron chi connectivity index (χ2n) is 6.46. The van der Waals surface area contributed by atoms with Crippen molar-refractivity contribution in [2.75, 3.05) is 0 Å². The Balaban J connectivity index is 1.81. The summed E-state index contributed by atoms with van der Waals surface area (Å²) in [6.07, 6.45) is 2.53. The van der Waals surface area contributed by atoms with Crippen molar-refractivity contribution in [2.24, 2.45) is 5.73 Å². The van der Waals surface area contributed by atoms with Gasteiger partial charge in [-0.15, -0.1) is 0 Å². The van der Waals surface area contributed by atoms with E-state index in [2.05, 4.69) is 12.1 Å². The zero-order valence-corrected chi connectivity index (χ0v) is 15.1. The first-order valence-corrected chi connectivity index (χ1v) is 8.96. The smallest absolute Gasteiger partial charge is 0.344 e. The molecule has 2 rings (SSSR count). The van der Waals surface area contributed by atoms with Crippen LogP contribution in [-0.4, -0.2) is 34.3 Å². The minimum Gasteiger partial charge on any atom is -0.480 e. The van der Waals surface area contributed by atoms with Gasteiger partial charge in [-0.1, -0.05) is 42.5 Å². The van der Waals surface area contributed by atoms with E-state index in [4.69, 9.17) is 15.6 Å². The van der Waals surface area contributed by atoms with Gasteiger partial charge in [0.1, 0.15) is 11.8 Å². The van der Waals surface area contributed by atoms with Gasteiger partial charge in [0.05, 0.1) is 0 Å². The van der Waals surface area contributed by atoms with Crippen LogP contribution in [0.15, 0.2) is 54.6 Å². The first-order valence-electron chi connectivity index (χ1n) is 8.96. The predicted octanol–water partition coefficient (Wildman–Crippen LogP) is 2.89. The normalized spacial score (nSPS) is 12.9. The highest BCUT2D eigenvalue weighted by Gasteiger charge is 2.26. The molecule has 0 amide bonds. The molecule has 0 radical (unpaired) electrons. The van der Waals surface area contributed by atoms with E-state index in [9.17, 15) is 14.7 Å². The number of aliphatic carboxylic acids is 2. The molecule has 0 saturated carbocycles. The number of carboxylic acid groups (broad SMARTS) is 2. The van der Waals surface area contributed by atoms with Crippen LogP contribution in [0.3, 0.4) is 0 Å². The predicted molar refractivity (Wildman–Crippen MR) is 102 cm³/mol. The number of unbranched alkanes of at least 4 members (excludes halogenated alkanes) is 1. The van der Waals surface area contributed by atoms with E-state index in [0.29, 0.717) is 5.75 Å². The van der Waals surface area contributed by atoms with Crippen molar-refractivity contribution in [1.82, 2.24) is 0 Å². The van der Waals surface area contributed by atoms with Crippen molar-refractivity contribution in [3.05, 3.63) is 65.7 Å². The third kappa shape index (κ3) is 7.11. The summed E-state index contributed by atoms with van der Waals surface area (Å²) in [5.74, 6) is -2.11. The van der Waals surface area contributed by atoms with Crippen molar-refractivity contribution >= 4 is 11.9 Å². The quantitative estimate of drug-likeness (QED) is 0.524. The fraction of sp³-hybridized carbons (Fsp3) is 0.333. The Bertz CT molecular complexity index is 730. The maximum Gasteiger partial charge on any atom is 0.344 e. The number of rotatable bonds is 11. The van der Waals surface area contributed by atoms with Crippen LogP contribution in [0.2, 0.25) is 0 Å². The van der Waals surface area contributed by atoms with Crippen molar-refractivity contribution in [3.8, 4) is 5.75 Å². The molecule has 4 N–H and O–H groups in total. The zero-order chi connectivity index (χ0) is 19.6. The topological polar surface area (TPSA) is 110 Å². The van der Waals surface area contributed by atoms with Gasteiger partial charge >= 0.3 is 11.9 Å². The van der Waals surface area contributed by atoms with Crippen LogP contribution >= 0.6 is 0 Å². The average molecular weight is 371 g/mol. The first kappa shape index (κ1) is 20.5. The lowest BCUT2D eigenvalue weighted by molar-refractivity contribution is -0.146. The minimum atomic E-state index is -1.30. The standard InChI is InChI=1S/C21H25NO5/c22-18(20(23)24)14-19(21(25)26)27-17-12-10-16(11-13-17)9-5-4-8-15-6-2-1-3-7-15/h1-3,6-7,10-13,18-19H,4-5,8-9,14,22H2,(H,23,24)(H,25,26). The van der Waals surface area contributed by atoms with E-state index in [1.807, 2.05) is 30.3 Å². The Morgan fingerprint density at radius 3 is 1.93 bits per heavy atom. The first-order chi connectivity index (χ1) is 13.0. The fourth-order valence-corrected chi connectivity index (χ4v) is 2.73. The fourth-order valence-electron chi connectivity index (χ4n) is 2.73. The maximum absolute atomic E-state index is 11.2. The van der Waals surface area contributed by atoms with E-state index in [0.717, 1.165) is 31.2 Å². The number of nitrogens with two attached hydrogens (primary N) is 1. The van der Waals surface area contributed by atoms with Gasteiger partial charge in [-0.25, -0.2) is 4.79 Å². The molecule has 0 aliphatic rings. The second kappa shape index (κ2) is 10.3. The number of carboxylic acids is 2. The number of benzene rings is 2. The molecule has 27 heavy (non-hydrogen) atoms. The van der Waals surface area contributed by atoms with Gasteiger partial charge in [-0.2, -0.15) is 0 Å². The second-order valence-corrected chi connectivity index (χ2v) is 6.46. The lowest BCUT2D eigenvalue weighted by Gasteiger charge is -2.17. The van der Waals surface area contributed by atoms with Crippen LogP contribution in [0.25, 0.3) is 0 Å². The molecule has 0 spiro atoms. The molecule has 0 aromatic heterocycles. The van der Waals surface area contributed by atoms with Crippen LogP contribution in [0.5, 0.6) is 5.75 Å². The van der Waals surface area contributed by atoms with Crippen molar-refractivity contribution in [3.63, 3.8) is 0 Å². The van der Waals surface area contributed by atoms with Gasteiger partial charge in [0.2, 0.25) is 0 Å². The van der Waals surface area contributed by atoms with Crippen molar-refractivity contribution in [2.45, 2.75) is 44.2 Å². The minimum absolute atomic E-state index is 0.300. The number of hydrogen-bond donors (Lipinski definition) is 3. The van der Waals surface area contributed by atoms with Crippen molar-refractivity contribution < 1.29 is 24.5 Å². The van der Waals surface area contributed by atoms with Gasteiger partial charge in [0.25, 0.3) is 0 Å². The van der Waals surface area contributed by atoms with Gasteiger partial charge in [0.15, 0.2) is 6.10 Å². The molecular formula is C21H25NO5. The highest BCUT2D eigenvalue weighted by molar-refractivity contribution is 5.77. The summed E-state index contributed by atoms with van der Waals surface area (Å²) < 4.78 is 5.39. The molecule has 2 aromatic carbocycles. The monoisotopic (exact) mass is 371 g/mol. The van der Waals surface area contributed by atoms with Crippen LogP contribution in [0.1, 0.15) is 30.4 Å². The summed E-state index contributed by atoms with van der Waals surface area (Å²) in [5, 5.41) is 18.0. The van der Waals surface area contributed by atoms with Crippen LogP contribution < -0.4 is 10.5 Å². The summed E-state index contributed by atoms with van der Waals surface area (Å²) >= 11 is 0. The van der Waals surface area contributed by atoms with E-state index in [1.54, 1.807) is 12.1 Å². The Morgan fingerprint density at radius 2 is 1.41 bits per heavy atom. The molecule has 0 heterocycles. The number of ether oxygens (including phenoxy) is 1. The maximum atomic E-state index is 11.2. The van der Waals surface area contributed by atoms with Crippen LogP contribution in [-0.2, 0) is 22.4 Å². The molecule has 144 valence electrons. The summed E-state index contributed by atoms with van der Waals surface area (Å²) in [4.78, 5) is 22.0.